The number of nitrogen functional groups attached to an aromatic ring is 1. The molecule has 2 rings (SSSR count). The molecule has 0 aromatic carbocycles. The fraction of sp³-hybridized carbons (Fsp3) is 0.643. The maximum atomic E-state index is 11.9. The van der Waals surface area contributed by atoms with Crippen molar-refractivity contribution in [3.05, 3.63) is 11.9 Å². The van der Waals surface area contributed by atoms with Crippen LogP contribution in [0.3, 0.4) is 0 Å². The Hall–Kier alpha value is -1.85. The summed E-state index contributed by atoms with van der Waals surface area (Å²) in [7, 11) is 1.66. The molecule has 1 aliphatic rings. The van der Waals surface area contributed by atoms with Crippen LogP contribution in [-0.2, 0) is 10.2 Å². The van der Waals surface area contributed by atoms with Crippen LogP contribution >= 0.6 is 0 Å². The van der Waals surface area contributed by atoms with E-state index in [2.05, 4.69) is 15.3 Å². The minimum absolute atomic E-state index is 0.0250. The van der Waals surface area contributed by atoms with Crippen molar-refractivity contribution in [1.82, 2.24) is 15.3 Å². The number of anilines is 2. The molecule has 3 N–H and O–H groups in total. The van der Waals surface area contributed by atoms with Crippen LogP contribution in [0.2, 0.25) is 0 Å². The van der Waals surface area contributed by atoms with Crippen molar-refractivity contribution in [1.29, 1.82) is 0 Å². The van der Waals surface area contributed by atoms with Gasteiger partial charge in [-0.2, -0.15) is 0 Å². The van der Waals surface area contributed by atoms with E-state index in [0.29, 0.717) is 11.6 Å². The van der Waals surface area contributed by atoms with Crippen LogP contribution in [0, 0.1) is 0 Å². The lowest BCUT2D eigenvalue weighted by Crippen LogP contribution is -2.42. The van der Waals surface area contributed by atoms with E-state index < -0.39 is 0 Å². The number of nitrogens with zero attached hydrogens (tertiary/aromatic N) is 3. The minimum Gasteiger partial charge on any atom is -0.384 e. The number of nitrogens with one attached hydrogen (secondary N) is 1. The Kier molecular flexibility index (Phi) is 3.83. The first kappa shape index (κ1) is 14.6. The lowest BCUT2D eigenvalue weighted by molar-refractivity contribution is -0.121. The van der Waals surface area contributed by atoms with Crippen LogP contribution in [-0.4, -0.2) is 35.5 Å². The first-order valence-corrected chi connectivity index (χ1v) is 6.96. The second-order valence-corrected chi connectivity index (χ2v) is 6.19. The maximum absolute atomic E-state index is 11.9. The van der Waals surface area contributed by atoms with Gasteiger partial charge in [0.05, 0.1) is 0 Å². The molecule has 6 heteroatoms. The smallest absolute Gasteiger partial charge is 0.242 e. The fourth-order valence-electron chi connectivity index (χ4n) is 2.42. The normalized spacial score (nSPS) is 19.2. The van der Waals surface area contributed by atoms with Gasteiger partial charge >= 0.3 is 0 Å². The van der Waals surface area contributed by atoms with Crippen molar-refractivity contribution in [3.63, 3.8) is 0 Å². The highest BCUT2D eigenvalue weighted by Gasteiger charge is 2.32. The molecule has 1 aliphatic heterocycles. The molecule has 0 spiro atoms. The van der Waals surface area contributed by atoms with Crippen molar-refractivity contribution >= 4 is 17.5 Å². The topological polar surface area (TPSA) is 84.1 Å². The van der Waals surface area contributed by atoms with Gasteiger partial charge in [-0.05, 0) is 12.8 Å². The summed E-state index contributed by atoms with van der Waals surface area (Å²) in [5.74, 6) is 1.92. The molecule has 1 amide bonds. The third kappa shape index (κ3) is 2.84. The van der Waals surface area contributed by atoms with Gasteiger partial charge in [-0.25, -0.2) is 9.97 Å². The molecule has 1 unspecified atom stereocenters. The summed E-state index contributed by atoms with van der Waals surface area (Å²) in [6.45, 7) is 6.96. The van der Waals surface area contributed by atoms with Crippen LogP contribution in [0.1, 0.15) is 39.4 Å². The number of nitrogens with two attached hydrogens (primary N) is 1. The first-order valence-electron chi connectivity index (χ1n) is 6.96. The predicted octanol–water partition coefficient (Wildman–Crippen LogP) is 1.07. The molecule has 0 bridgehead atoms. The van der Waals surface area contributed by atoms with E-state index in [0.717, 1.165) is 25.2 Å². The van der Waals surface area contributed by atoms with Crippen molar-refractivity contribution in [2.45, 2.75) is 45.1 Å². The Morgan fingerprint density at radius 3 is 2.75 bits per heavy atom. The lowest BCUT2D eigenvalue weighted by atomic mass is 9.96. The van der Waals surface area contributed by atoms with Crippen LogP contribution in [0.5, 0.6) is 0 Å². The van der Waals surface area contributed by atoms with E-state index in [1.165, 1.54) is 0 Å². The van der Waals surface area contributed by atoms with E-state index in [9.17, 15) is 4.79 Å². The van der Waals surface area contributed by atoms with Crippen LogP contribution in [0.15, 0.2) is 6.07 Å². The average Bonchev–Trinajstić information content (AvgIpc) is 2.85. The van der Waals surface area contributed by atoms with Gasteiger partial charge in [0.1, 0.15) is 23.5 Å². The van der Waals surface area contributed by atoms with Crippen molar-refractivity contribution in [2.24, 2.45) is 0 Å². The summed E-state index contributed by atoms with van der Waals surface area (Å²) in [5.41, 5.74) is 5.73. The fourth-order valence-corrected chi connectivity index (χ4v) is 2.42. The molecule has 1 aromatic rings. The summed E-state index contributed by atoms with van der Waals surface area (Å²) in [5, 5.41) is 2.71. The van der Waals surface area contributed by atoms with E-state index >= 15 is 0 Å². The van der Waals surface area contributed by atoms with Gasteiger partial charge in [0.2, 0.25) is 5.91 Å². The molecule has 1 saturated heterocycles. The van der Waals surface area contributed by atoms with Crippen LogP contribution in [0.25, 0.3) is 0 Å². The number of rotatable bonds is 2. The molecule has 110 valence electrons. The quantitative estimate of drug-likeness (QED) is 0.845. The van der Waals surface area contributed by atoms with Gasteiger partial charge in [0.15, 0.2) is 0 Å². The van der Waals surface area contributed by atoms with E-state index in [-0.39, 0.29) is 17.4 Å². The number of hydrogen-bond donors (Lipinski definition) is 2. The van der Waals surface area contributed by atoms with E-state index in [4.69, 9.17) is 5.73 Å². The van der Waals surface area contributed by atoms with E-state index in [1.807, 2.05) is 25.7 Å². The molecule has 2 heterocycles. The lowest BCUT2D eigenvalue weighted by Gasteiger charge is -2.26. The van der Waals surface area contributed by atoms with Gasteiger partial charge in [-0.15, -0.1) is 0 Å². The van der Waals surface area contributed by atoms with E-state index in [1.54, 1.807) is 13.1 Å². The van der Waals surface area contributed by atoms with Crippen LogP contribution in [0.4, 0.5) is 11.6 Å². The second-order valence-electron chi connectivity index (χ2n) is 6.19. The third-order valence-corrected chi connectivity index (χ3v) is 3.50. The standard InChI is InChI=1S/C14H23N5O/c1-14(2,3)13-17-10(15)8-11(18-13)19-7-5-6-9(19)12(20)16-4/h8-9H,5-7H2,1-4H3,(H,16,20)(H2,15,17,18). The number of carbonyl (C=O) groups is 1. The molecule has 0 radical (unpaired) electrons. The summed E-state index contributed by atoms with van der Waals surface area (Å²) < 4.78 is 0. The minimum atomic E-state index is -0.174. The zero-order valence-electron chi connectivity index (χ0n) is 12.6. The number of hydrogen-bond acceptors (Lipinski definition) is 5. The monoisotopic (exact) mass is 277 g/mol. The summed E-state index contributed by atoms with van der Waals surface area (Å²) >= 11 is 0. The van der Waals surface area contributed by atoms with Gasteiger partial charge in [-0.3, -0.25) is 4.79 Å². The molecular weight excluding hydrogens is 254 g/mol. The zero-order chi connectivity index (χ0) is 14.9. The van der Waals surface area contributed by atoms with Crippen molar-refractivity contribution in [2.75, 3.05) is 24.2 Å². The third-order valence-electron chi connectivity index (χ3n) is 3.50. The van der Waals surface area contributed by atoms with Crippen LogP contribution < -0.4 is 16.0 Å². The molecule has 1 fully saturated rings. The largest absolute Gasteiger partial charge is 0.384 e. The summed E-state index contributed by atoms with van der Waals surface area (Å²) in [6, 6.07) is 1.58. The predicted molar refractivity (Wildman–Crippen MR) is 79.6 cm³/mol. The first-order chi connectivity index (χ1) is 9.32. The van der Waals surface area contributed by atoms with Gasteiger partial charge in [0, 0.05) is 25.1 Å². The Bertz CT molecular complexity index is 509. The Morgan fingerprint density at radius 1 is 1.45 bits per heavy atom. The Balaban J connectivity index is 2.37. The molecular formula is C14H23N5O. The molecule has 0 aliphatic carbocycles. The number of likely N-dealkylation sites (N-methyl/N-ethyl adjacent to an activating group) is 1. The average molecular weight is 277 g/mol. The summed E-state index contributed by atoms with van der Waals surface area (Å²) in [4.78, 5) is 22.9. The molecule has 20 heavy (non-hydrogen) atoms. The second kappa shape index (κ2) is 5.26. The SMILES string of the molecule is CNC(=O)C1CCCN1c1cc(N)nc(C(C)(C)C)n1. The number of amides is 1. The van der Waals surface area contributed by atoms with Gasteiger partial charge in [0.25, 0.3) is 0 Å². The molecule has 0 saturated carbocycles. The molecule has 1 aromatic heterocycles. The maximum Gasteiger partial charge on any atom is 0.242 e. The Labute approximate surface area is 119 Å². The summed E-state index contributed by atoms with van der Waals surface area (Å²) in [6.07, 6.45) is 1.82. The van der Waals surface area contributed by atoms with Gasteiger partial charge < -0.3 is 16.0 Å². The molecule has 1 atom stereocenters. The van der Waals surface area contributed by atoms with Gasteiger partial charge in [-0.1, -0.05) is 20.8 Å². The highest BCUT2D eigenvalue weighted by atomic mass is 16.2. The number of carbonyl (C=O) groups excluding carboxylic acids is 1. The molecule has 6 nitrogen and oxygen atoms in total. The van der Waals surface area contributed by atoms with Crippen molar-refractivity contribution in [3.8, 4) is 0 Å². The highest BCUT2D eigenvalue weighted by Crippen LogP contribution is 2.28. The Morgan fingerprint density at radius 2 is 2.15 bits per heavy atom. The number of aromatic nitrogens is 2. The van der Waals surface area contributed by atoms with Crippen molar-refractivity contribution < 1.29 is 4.79 Å². The zero-order valence-corrected chi connectivity index (χ0v) is 12.6. The highest BCUT2D eigenvalue weighted by molar-refractivity contribution is 5.85.